The SMILES string of the molecule is O=C(c1cccc(S(=O)(=O)N2CCCC2)c1)N1CC[C@@H]2CCCC[C@@H]2C1. The lowest BCUT2D eigenvalue weighted by molar-refractivity contribution is 0.0520. The van der Waals surface area contributed by atoms with Crippen LogP contribution in [0, 0.1) is 11.8 Å². The lowest BCUT2D eigenvalue weighted by Gasteiger charge is -2.41. The maximum absolute atomic E-state index is 13.0. The Hall–Kier alpha value is -1.40. The number of hydrogen-bond donors (Lipinski definition) is 0. The molecule has 142 valence electrons. The fraction of sp³-hybridized carbons (Fsp3) is 0.650. The van der Waals surface area contributed by atoms with E-state index in [2.05, 4.69) is 0 Å². The summed E-state index contributed by atoms with van der Waals surface area (Å²) in [6.45, 7) is 2.78. The summed E-state index contributed by atoms with van der Waals surface area (Å²) < 4.78 is 27.1. The molecule has 0 unspecified atom stereocenters. The van der Waals surface area contributed by atoms with Gasteiger partial charge in [-0.3, -0.25) is 4.79 Å². The van der Waals surface area contributed by atoms with Crippen molar-refractivity contribution in [2.75, 3.05) is 26.2 Å². The van der Waals surface area contributed by atoms with Gasteiger partial charge in [-0.15, -0.1) is 0 Å². The second kappa shape index (κ2) is 7.31. The van der Waals surface area contributed by atoms with Crippen molar-refractivity contribution >= 4 is 15.9 Å². The topological polar surface area (TPSA) is 57.7 Å². The van der Waals surface area contributed by atoms with E-state index in [-0.39, 0.29) is 10.8 Å². The van der Waals surface area contributed by atoms with Crippen LogP contribution in [0.4, 0.5) is 0 Å². The third-order valence-electron chi connectivity index (χ3n) is 6.36. The first-order valence-corrected chi connectivity index (χ1v) is 11.4. The molecule has 5 nitrogen and oxygen atoms in total. The maximum atomic E-state index is 13.0. The highest BCUT2D eigenvalue weighted by atomic mass is 32.2. The van der Waals surface area contributed by atoms with Crippen molar-refractivity contribution in [2.45, 2.75) is 49.8 Å². The number of carbonyl (C=O) groups excluding carboxylic acids is 1. The van der Waals surface area contributed by atoms with Gasteiger partial charge < -0.3 is 4.90 Å². The summed E-state index contributed by atoms with van der Waals surface area (Å²) in [4.78, 5) is 15.2. The highest BCUT2D eigenvalue weighted by Gasteiger charge is 2.34. The monoisotopic (exact) mass is 376 g/mol. The van der Waals surface area contributed by atoms with Crippen LogP contribution in [0.15, 0.2) is 29.2 Å². The van der Waals surface area contributed by atoms with Gasteiger partial charge in [0.05, 0.1) is 4.90 Å². The minimum absolute atomic E-state index is 0.0208. The van der Waals surface area contributed by atoms with E-state index in [9.17, 15) is 13.2 Å². The molecule has 0 bridgehead atoms. The molecule has 0 N–H and O–H groups in total. The van der Waals surface area contributed by atoms with Crippen LogP contribution in [0.5, 0.6) is 0 Å². The van der Waals surface area contributed by atoms with Crippen LogP contribution >= 0.6 is 0 Å². The molecule has 0 spiro atoms. The molecule has 1 saturated carbocycles. The fourth-order valence-corrected chi connectivity index (χ4v) is 6.40. The molecule has 1 aromatic carbocycles. The first kappa shape index (κ1) is 18.0. The van der Waals surface area contributed by atoms with Gasteiger partial charge in [0.2, 0.25) is 10.0 Å². The van der Waals surface area contributed by atoms with Crippen molar-refractivity contribution in [1.82, 2.24) is 9.21 Å². The van der Waals surface area contributed by atoms with Gasteiger partial charge in [0.1, 0.15) is 0 Å². The number of hydrogen-bond acceptors (Lipinski definition) is 3. The molecule has 0 radical (unpaired) electrons. The number of nitrogens with zero attached hydrogens (tertiary/aromatic N) is 2. The minimum Gasteiger partial charge on any atom is -0.338 e. The van der Waals surface area contributed by atoms with E-state index in [0.717, 1.165) is 38.3 Å². The Balaban J connectivity index is 1.52. The van der Waals surface area contributed by atoms with Crippen LogP contribution in [-0.2, 0) is 10.0 Å². The standard InChI is InChI=1S/C20H28N2O3S/c23-20(21-13-10-16-6-1-2-7-18(16)15-21)17-8-5-9-19(14-17)26(24,25)22-11-3-4-12-22/h5,8-9,14,16,18H,1-4,6-7,10-13,15H2/t16-,18+/m0/s1. The Morgan fingerprint density at radius 1 is 0.923 bits per heavy atom. The van der Waals surface area contributed by atoms with Gasteiger partial charge in [-0.2, -0.15) is 4.31 Å². The molecular weight excluding hydrogens is 348 g/mol. The summed E-state index contributed by atoms with van der Waals surface area (Å²) >= 11 is 0. The molecular formula is C20H28N2O3S. The fourth-order valence-electron chi connectivity index (χ4n) is 4.84. The molecule has 1 aliphatic carbocycles. The molecule has 2 atom stereocenters. The van der Waals surface area contributed by atoms with Crippen molar-refractivity contribution in [3.8, 4) is 0 Å². The van der Waals surface area contributed by atoms with Gasteiger partial charge >= 0.3 is 0 Å². The van der Waals surface area contributed by atoms with Crippen molar-refractivity contribution < 1.29 is 13.2 Å². The van der Waals surface area contributed by atoms with Crippen molar-refractivity contribution in [3.63, 3.8) is 0 Å². The first-order valence-electron chi connectivity index (χ1n) is 9.95. The van der Waals surface area contributed by atoms with Gasteiger partial charge in [-0.1, -0.05) is 25.3 Å². The average molecular weight is 377 g/mol. The van der Waals surface area contributed by atoms with Gasteiger partial charge in [0.15, 0.2) is 0 Å². The lowest BCUT2D eigenvalue weighted by atomic mass is 9.75. The summed E-state index contributed by atoms with van der Waals surface area (Å²) in [5.74, 6) is 1.38. The van der Waals surface area contributed by atoms with Gasteiger partial charge in [0.25, 0.3) is 5.91 Å². The normalized spacial score (nSPS) is 27.3. The minimum atomic E-state index is -3.48. The summed E-state index contributed by atoms with van der Waals surface area (Å²) in [6.07, 6.45) is 8.02. The lowest BCUT2D eigenvalue weighted by Crippen LogP contribution is -2.44. The van der Waals surface area contributed by atoms with Crippen molar-refractivity contribution in [2.24, 2.45) is 11.8 Å². The van der Waals surface area contributed by atoms with E-state index < -0.39 is 10.0 Å². The summed E-state index contributed by atoms with van der Waals surface area (Å²) in [5, 5.41) is 0. The van der Waals surface area contributed by atoms with Crippen LogP contribution in [0.3, 0.4) is 0 Å². The largest absolute Gasteiger partial charge is 0.338 e. The zero-order chi connectivity index (χ0) is 18.1. The number of sulfonamides is 1. The molecule has 26 heavy (non-hydrogen) atoms. The van der Waals surface area contributed by atoms with Crippen LogP contribution in [-0.4, -0.2) is 49.7 Å². The third-order valence-corrected chi connectivity index (χ3v) is 8.26. The third kappa shape index (κ3) is 3.41. The average Bonchev–Trinajstić information content (AvgIpc) is 3.23. The zero-order valence-electron chi connectivity index (χ0n) is 15.3. The Bertz CT molecular complexity index is 771. The van der Waals surface area contributed by atoms with E-state index in [1.54, 1.807) is 24.3 Å². The highest BCUT2D eigenvalue weighted by molar-refractivity contribution is 7.89. The van der Waals surface area contributed by atoms with Gasteiger partial charge in [-0.05, 0) is 55.7 Å². The molecule has 3 fully saturated rings. The van der Waals surface area contributed by atoms with Crippen LogP contribution in [0.1, 0.15) is 55.3 Å². The number of benzene rings is 1. The predicted octanol–water partition coefficient (Wildman–Crippen LogP) is 3.12. The molecule has 1 amide bonds. The van der Waals surface area contributed by atoms with Crippen LogP contribution in [0.25, 0.3) is 0 Å². The molecule has 2 saturated heterocycles. The Morgan fingerprint density at radius 3 is 2.42 bits per heavy atom. The summed E-state index contributed by atoms with van der Waals surface area (Å²) in [7, 11) is -3.48. The van der Waals surface area contributed by atoms with E-state index in [1.807, 2.05) is 4.90 Å². The molecule has 3 aliphatic rings. The molecule has 6 heteroatoms. The number of piperidine rings is 1. The second-order valence-electron chi connectivity index (χ2n) is 7.98. The molecule has 2 aliphatic heterocycles. The number of likely N-dealkylation sites (tertiary alicyclic amines) is 1. The van der Waals surface area contributed by atoms with Crippen molar-refractivity contribution in [1.29, 1.82) is 0 Å². The molecule has 4 rings (SSSR count). The summed E-state index contributed by atoms with van der Waals surface area (Å²) in [5.41, 5.74) is 0.500. The first-order chi connectivity index (χ1) is 12.6. The van der Waals surface area contributed by atoms with Gasteiger partial charge in [-0.25, -0.2) is 8.42 Å². The summed E-state index contributed by atoms with van der Waals surface area (Å²) in [6, 6.07) is 6.63. The zero-order valence-corrected chi connectivity index (χ0v) is 16.1. The van der Waals surface area contributed by atoms with Crippen molar-refractivity contribution in [3.05, 3.63) is 29.8 Å². The maximum Gasteiger partial charge on any atom is 0.253 e. The highest BCUT2D eigenvalue weighted by Crippen LogP contribution is 2.36. The van der Waals surface area contributed by atoms with E-state index in [0.29, 0.717) is 24.6 Å². The number of carbonyl (C=O) groups is 1. The van der Waals surface area contributed by atoms with E-state index in [4.69, 9.17) is 0 Å². The molecule has 1 aromatic rings. The Kier molecular flexibility index (Phi) is 5.06. The second-order valence-corrected chi connectivity index (χ2v) is 9.92. The quantitative estimate of drug-likeness (QED) is 0.814. The Morgan fingerprint density at radius 2 is 1.65 bits per heavy atom. The van der Waals surface area contributed by atoms with Crippen LogP contribution < -0.4 is 0 Å². The number of amides is 1. The Labute approximate surface area is 156 Å². The van der Waals surface area contributed by atoms with E-state index >= 15 is 0 Å². The smallest absolute Gasteiger partial charge is 0.253 e. The van der Waals surface area contributed by atoms with E-state index in [1.165, 1.54) is 30.0 Å². The number of rotatable bonds is 3. The molecule has 2 heterocycles. The predicted molar refractivity (Wildman–Crippen MR) is 100 cm³/mol. The molecule has 0 aromatic heterocycles. The number of fused-ring (bicyclic) bond motifs is 1. The van der Waals surface area contributed by atoms with Gasteiger partial charge in [0, 0.05) is 31.7 Å². The van der Waals surface area contributed by atoms with Crippen LogP contribution in [0.2, 0.25) is 0 Å².